The number of amides is 1. The summed E-state index contributed by atoms with van der Waals surface area (Å²) in [6, 6.07) is 26.3. The molecule has 1 aliphatic carbocycles. The molecule has 0 atom stereocenters. The summed E-state index contributed by atoms with van der Waals surface area (Å²) in [5.41, 5.74) is 6.60. The molecule has 4 heteroatoms. The standard InChI is InChI=1S/C27H20N2O2/c30-27(29-17-6-9-19-8-5-15-26-20(19)14-7-16-28-26)31-18-25-23-12-3-1-10-21(23)22-11-2-4-13-24(22)25/h1-5,7-8,10-16,25H,17-18H2,(H,29,30). The molecule has 4 nitrogen and oxygen atoms in total. The summed E-state index contributed by atoms with van der Waals surface area (Å²) >= 11 is 0. The summed E-state index contributed by atoms with van der Waals surface area (Å²) in [7, 11) is 0. The first-order chi connectivity index (χ1) is 15.3. The molecule has 5 rings (SSSR count). The zero-order chi connectivity index (χ0) is 21.0. The number of pyridine rings is 1. The van der Waals surface area contributed by atoms with Crippen molar-refractivity contribution in [2.45, 2.75) is 5.92 Å². The lowest BCUT2D eigenvalue weighted by atomic mass is 9.98. The molecule has 4 aromatic rings. The van der Waals surface area contributed by atoms with E-state index < -0.39 is 6.09 Å². The molecule has 0 radical (unpaired) electrons. The van der Waals surface area contributed by atoms with Crippen molar-refractivity contribution >= 4 is 17.0 Å². The van der Waals surface area contributed by atoms with Crippen LogP contribution in [0.3, 0.4) is 0 Å². The zero-order valence-corrected chi connectivity index (χ0v) is 16.8. The summed E-state index contributed by atoms with van der Waals surface area (Å²) in [6.07, 6.45) is 1.30. The smallest absolute Gasteiger partial charge is 0.407 e. The summed E-state index contributed by atoms with van der Waals surface area (Å²) in [5.74, 6) is 6.15. The Bertz CT molecular complexity index is 1280. The fourth-order valence-electron chi connectivity index (χ4n) is 4.12. The average molecular weight is 404 g/mol. The summed E-state index contributed by atoms with van der Waals surface area (Å²) in [4.78, 5) is 16.6. The largest absolute Gasteiger partial charge is 0.449 e. The van der Waals surface area contributed by atoms with Gasteiger partial charge in [0.1, 0.15) is 6.61 Å². The maximum absolute atomic E-state index is 12.2. The van der Waals surface area contributed by atoms with Crippen LogP contribution in [0.15, 0.2) is 85.1 Å². The number of hydrogen-bond acceptors (Lipinski definition) is 3. The predicted molar refractivity (Wildman–Crippen MR) is 122 cm³/mol. The van der Waals surface area contributed by atoms with Crippen LogP contribution >= 0.6 is 0 Å². The fourth-order valence-corrected chi connectivity index (χ4v) is 4.12. The SMILES string of the molecule is O=C(NCC#Cc1cccc2ncccc12)OCC1c2ccccc2-c2ccccc21. The van der Waals surface area contributed by atoms with Gasteiger partial charge in [-0.15, -0.1) is 0 Å². The predicted octanol–water partition coefficient (Wildman–Crippen LogP) is 5.13. The highest BCUT2D eigenvalue weighted by atomic mass is 16.5. The van der Waals surface area contributed by atoms with Gasteiger partial charge in [0.15, 0.2) is 0 Å². The first-order valence-electron chi connectivity index (χ1n) is 10.2. The van der Waals surface area contributed by atoms with Crippen molar-refractivity contribution in [3.63, 3.8) is 0 Å². The lowest BCUT2D eigenvalue weighted by molar-refractivity contribution is 0.144. The maximum Gasteiger partial charge on any atom is 0.407 e. The van der Waals surface area contributed by atoms with Crippen molar-refractivity contribution in [2.24, 2.45) is 0 Å². The molecule has 1 heterocycles. The first kappa shape index (κ1) is 18.9. The second kappa shape index (κ2) is 8.33. The molecule has 0 saturated carbocycles. The molecular weight excluding hydrogens is 384 g/mol. The third kappa shape index (κ3) is 3.74. The molecule has 1 aromatic heterocycles. The summed E-state index contributed by atoms with van der Waals surface area (Å²) in [5, 5.41) is 3.72. The molecule has 1 N–H and O–H groups in total. The third-order valence-electron chi connectivity index (χ3n) is 5.53. The van der Waals surface area contributed by atoms with Gasteiger partial charge in [-0.25, -0.2) is 4.79 Å². The second-order valence-electron chi connectivity index (χ2n) is 7.36. The van der Waals surface area contributed by atoms with E-state index in [-0.39, 0.29) is 12.5 Å². The summed E-state index contributed by atoms with van der Waals surface area (Å²) in [6.45, 7) is 0.510. The summed E-state index contributed by atoms with van der Waals surface area (Å²) < 4.78 is 5.53. The highest BCUT2D eigenvalue weighted by molar-refractivity contribution is 5.85. The van der Waals surface area contributed by atoms with Gasteiger partial charge in [0.25, 0.3) is 0 Å². The van der Waals surface area contributed by atoms with Gasteiger partial charge in [-0.05, 0) is 40.5 Å². The lowest BCUT2D eigenvalue weighted by Crippen LogP contribution is -2.26. The van der Waals surface area contributed by atoms with E-state index in [1.807, 2.05) is 54.6 Å². The van der Waals surface area contributed by atoms with Gasteiger partial charge in [0, 0.05) is 23.1 Å². The first-order valence-corrected chi connectivity index (χ1v) is 10.2. The van der Waals surface area contributed by atoms with Crippen LogP contribution < -0.4 is 5.32 Å². The van der Waals surface area contributed by atoms with Gasteiger partial charge in [-0.2, -0.15) is 0 Å². The van der Waals surface area contributed by atoms with Crippen LogP contribution in [0.4, 0.5) is 4.79 Å². The topological polar surface area (TPSA) is 51.2 Å². The Morgan fingerprint density at radius 2 is 1.65 bits per heavy atom. The maximum atomic E-state index is 12.2. The van der Waals surface area contributed by atoms with Crippen molar-refractivity contribution in [3.05, 3.63) is 102 Å². The minimum atomic E-state index is -0.462. The van der Waals surface area contributed by atoms with E-state index in [1.165, 1.54) is 22.3 Å². The number of nitrogens with one attached hydrogen (secondary N) is 1. The minimum absolute atomic E-state index is 0.0485. The van der Waals surface area contributed by atoms with Crippen LogP contribution in [0.2, 0.25) is 0 Å². The molecular formula is C27H20N2O2. The van der Waals surface area contributed by atoms with Crippen molar-refractivity contribution < 1.29 is 9.53 Å². The van der Waals surface area contributed by atoms with Gasteiger partial charge >= 0.3 is 6.09 Å². The Morgan fingerprint density at radius 1 is 0.903 bits per heavy atom. The quantitative estimate of drug-likeness (QED) is 0.482. The number of fused-ring (bicyclic) bond motifs is 4. The third-order valence-corrected chi connectivity index (χ3v) is 5.53. The number of carbonyl (C=O) groups is 1. The number of aromatic nitrogens is 1. The van der Waals surface area contributed by atoms with Gasteiger partial charge < -0.3 is 10.1 Å². The van der Waals surface area contributed by atoms with E-state index in [2.05, 4.69) is 46.4 Å². The molecule has 0 aliphatic heterocycles. The van der Waals surface area contributed by atoms with Gasteiger partial charge in [0.2, 0.25) is 0 Å². The van der Waals surface area contributed by atoms with Crippen LogP contribution in [0.25, 0.3) is 22.0 Å². The Morgan fingerprint density at radius 3 is 2.42 bits per heavy atom. The highest BCUT2D eigenvalue weighted by Gasteiger charge is 2.28. The van der Waals surface area contributed by atoms with E-state index in [1.54, 1.807) is 6.20 Å². The minimum Gasteiger partial charge on any atom is -0.449 e. The van der Waals surface area contributed by atoms with Gasteiger partial charge in [-0.1, -0.05) is 72.5 Å². The molecule has 1 amide bonds. The highest BCUT2D eigenvalue weighted by Crippen LogP contribution is 2.44. The Hall–Kier alpha value is -4.10. The zero-order valence-electron chi connectivity index (χ0n) is 16.8. The molecule has 31 heavy (non-hydrogen) atoms. The number of ether oxygens (including phenoxy) is 1. The lowest BCUT2D eigenvalue weighted by Gasteiger charge is -2.14. The van der Waals surface area contributed by atoms with Crippen LogP contribution in [0.1, 0.15) is 22.6 Å². The molecule has 1 aliphatic rings. The van der Waals surface area contributed by atoms with Crippen LogP contribution in [-0.2, 0) is 4.74 Å². The van der Waals surface area contributed by atoms with Gasteiger partial charge in [0.05, 0.1) is 12.1 Å². The molecule has 0 bridgehead atoms. The number of nitrogens with zero attached hydrogens (tertiary/aromatic N) is 1. The van der Waals surface area contributed by atoms with Crippen molar-refractivity contribution in [1.82, 2.24) is 10.3 Å². The van der Waals surface area contributed by atoms with E-state index in [0.29, 0.717) is 6.61 Å². The van der Waals surface area contributed by atoms with E-state index in [9.17, 15) is 4.79 Å². The van der Waals surface area contributed by atoms with Crippen LogP contribution in [0, 0.1) is 11.8 Å². The monoisotopic (exact) mass is 404 g/mol. The molecule has 0 saturated heterocycles. The van der Waals surface area contributed by atoms with E-state index >= 15 is 0 Å². The van der Waals surface area contributed by atoms with Crippen LogP contribution in [-0.4, -0.2) is 24.2 Å². The molecule has 0 fully saturated rings. The number of rotatable bonds is 3. The number of alkyl carbamates (subject to hydrolysis) is 1. The normalized spacial score (nSPS) is 11.9. The molecule has 150 valence electrons. The number of benzene rings is 3. The Kier molecular flexibility index (Phi) is 5.08. The average Bonchev–Trinajstić information content (AvgIpc) is 3.14. The number of carbonyl (C=O) groups excluding carboxylic acids is 1. The van der Waals surface area contributed by atoms with Gasteiger partial charge in [-0.3, -0.25) is 4.98 Å². The fraction of sp³-hybridized carbons (Fsp3) is 0.111. The van der Waals surface area contributed by atoms with Crippen molar-refractivity contribution in [2.75, 3.05) is 13.2 Å². The van der Waals surface area contributed by atoms with E-state index in [4.69, 9.17) is 4.74 Å². The second-order valence-corrected chi connectivity index (χ2v) is 7.36. The Labute approximate surface area is 180 Å². The molecule has 3 aromatic carbocycles. The van der Waals surface area contributed by atoms with Crippen molar-refractivity contribution in [1.29, 1.82) is 0 Å². The van der Waals surface area contributed by atoms with Crippen molar-refractivity contribution in [3.8, 4) is 23.0 Å². The van der Waals surface area contributed by atoms with E-state index in [0.717, 1.165) is 16.5 Å². The number of hydrogen-bond donors (Lipinski definition) is 1. The molecule has 0 unspecified atom stereocenters. The molecule has 0 spiro atoms. The Balaban J connectivity index is 1.21. The van der Waals surface area contributed by atoms with Crippen LogP contribution in [0.5, 0.6) is 0 Å².